The lowest BCUT2D eigenvalue weighted by atomic mass is 10.3. The summed E-state index contributed by atoms with van der Waals surface area (Å²) in [4.78, 5) is 4.15. The molecule has 5 nitrogen and oxygen atoms in total. The van der Waals surface area contributed by atoms with Gasteiger partial charge in [0.25, 0.3) is 0 Å². The Bertz CT molecular complexity index is 440. The Kier molecular flexibility index (Phi) is 9.93. The highest BCUT2D eigenvalue weighted by atomic mass is 127. The first kappa shape index (κ1) is 20.4. The van der Waals surface area contributed by atoms with Crippen molar-refractivity contribution in [3.8, 4) is 0 Å². The molecule has 0 aliphatic carbocycles. The zero-order chi connectivity index (χ0) is 15.0. The van der Waals surface area contributed by atoms with Crippen LogP contribution in [0.15, 0.2) is 29.5 Å². The predicted molar refractivity (Wildman–Crippen MR) is 102 cm³/mol. The normalized spacial score (nSPS) is 13.4. The molecule has 1 atom stereocenters. The van der Waals surface area contributed by atoms with Crippen molar-refractivity contribution in [1.29, 1.82) is 0 Å². The number of aliphatic imine (C=N–C) groups is 1. The molecular formula is C14H27IN4OS. The van der Waals surface area contributed by atoms with Gasteiger partial charge in [-0.2, -0.15) is 0 Å². The minimum absolute atomic E-state index is 0. The third-order valence-corrected chi connectivity index (χ3v) is 4.76. The smallest absolute Gasteiger partial charge is 0.191 e. The average Bonchev–Trinajstić information content (AvgIpc) is 2.88. The Labute approximate surface area is 147 Å². The summed E-state index contributed by atoms with van der Waals surface area (Å²) >= 11 is 0. The second-order valence-electron chi connectivity index (χ2n) is 5.51. The maximum Gasteiger partial charge on any atom is 0.191 e. The van der Waals surface area contributed by atoms with E-state index in [1.807, 2.05) is 45.3 Å². The van der Waals surface area contributed by atoms with Gasteiger partial charge in [-0.25, -0.2) is 0 Å². The van der Waals surface area contributed by atoms with Crippen LogP contribution in [0, 0.1) is 0 Å². The number of hydrogen-bond donors (Lipinski definition) is 2. The molecule has 7 heteroatoms. The molecule has 0 saturated heterocycles. The largest absolute Gasteiger partial charge is 0.355 e. The van der Waals surface area contributed by atoms with Crippen LogP contribution in [0.4, 0.5) is 0 Å². The first-order valence-electron chi connectivity index (χ1n) is 6.87. The maximum absolute atomic E-state index is 11.9. The molecule has 1 unspecified atom stereocenters. The van der Waals surface area contributed by atoms with Crippen LogP contribution in [-0.2, 0) is 17.3 Å². The predicted octanol–water partition coefficient (Wildman–Crippen LogP) is 1.82. The second-order valence-corrected chi connectivity index (χ2v) is 7.83. The minimum atomic E-state index is -0.835. The molecule has 2 N–H and O–H groups in total. The van der Waals surface area contributed by atoms with Gasteiger partial charge >= 0.3 is 0 Å². The molecule has 122 valence electrons. The molecule has 1 rings (SSSR count). The summed E-state index contributed by atoms with van der Waals surface area (Å²) in [6.45, 7) is 8.33. The van der Waals surface area contributed by atoms with Crippen LogP contribution in [0.2, 0.25) is 0 Å². The molecule has 0 fully saturated rings. The molecule has 1 heterocycles. The van der Waals surface area contributed by atoms with Crippen molar-refractivity contribution in [2.45, 2.75) is 32.1 Å². The number of guanidine groups is 1. The first-order valence-corrected chi connectivity index (χ1v) is 8.19. The van der Waals surface area contributed by atoms with E-state index in [1.54, 1.807) is 7.05 Å². The van der Waals surface area contributed by atoms with E-state index in [9.17, 15) is 4.21 Å². The maximum atomic E-state index is 11.9. The van der Waals surface area contributed by atoms with Crippen molar-refractivity contribution in [3.05, 3.63) is 24.5 Å². The Hall–Kier alpha value is -0.570. The van der Waals surface area contributed by atoms with Crippen molar-refractivity contribution >= 4 is 40.7 Å². The molecule has 0 aromatic carbocycles. The first-order chi connectivity index (χ1) is 9.43. The molecule has 1 aromatic heterocycles. The molecule has 0 bridgehead atoms. The van der Waals surface area contributed by atoms with Crippen LogP contribution in [0.3, 0.4) is 0 Å². The van der Waals surface area contributed by atoms with Gasteiger partial charge in [-0.05, 0) is 32.9 Å². The number of rotatable bonds is 6. The summed E-state index contributed by atoms with van der Waals surface area (Å²) < 4.78 is 13.9. The van der Waals surface area contributed by atoms with Crippen molar-refractivity contribution in [2.75, 3.05) is 25.9 Å². The molecule has 0 amide bonds. The molecule has 0 saturated carbocycles. The summed E-state index contributed by atoms with van der Waals surface area (Å²) in [6, 6.07) is 4.02. The van der Waals surface area contributed by atoms with Gasteiger partial charge in [0.05, 0.1) is 0 Å². The molecular weight excluding hydrogens is 399 g/mol. The van der Waals surface area contributed by atoms with Crippen LogP contribution >= 0.6 is 24.0 Å². The van der Waals surface area contributed by atoms with Gasteiger partial charge in [0.1, 0.15) is 0 Å². The number of halogens is 1. The summed E-state index contributed by atoms with van der Waals surface area (Å²) in [7, 11) is 0.907. The quantitative estimate of drug-likeness (QED) is 0.415. The van der Waals surface area contributed by atoms with Crippen molar-refractivity contribution in [2.24, 2.45) is 4.99 Å². The van der Waals surface area contributed by atoms with Crippen LogP contribution < -0.4 is 10.6 Å². The van der Waals surface area contributed by atoms with E-state index in [-0.39, 0.29) is 28.7 Å². The van der Waals surface area contributed by atoms with Gasteiger partial charge in [-0.3, -0.25) is 9.20 Å². The van der Waals surface area contributed by atoms with Crippen LogP contribution in [0.25, 0.3) is 0 Å². The van der Waals surface area contributed by atoms with E-state index in [0.717, 1.165) is 19.0 Å². The van der Waals surface area contributed by atoms with Gasteiger partial charge in [0.2, 0.25) is 0 Å². The van der Waals surface area contributed by atoms with E-state index in [4.69, 9.17) is 0 Å². The van der Waals surface area contributed by atoms with Crippen molar-refractivity contribution < 1.29 is 4.21 Å². The molecule has 0 aliphatic heterocycles. The summed E-state index contributed by atoms with van der Waals surface area (Å²) in [5.74, 6) is 1.38. The summed E-state index contributed by atoms with van der Waals surface area (Å²) in [5.41, 5.74) is 0. The van der Waals surface area contributed by atoms with Crippen LogP contribution in [-0.4, -0.2) is 45.4 Å². The molecule has 0 radical (unpaired) electrons. The molecule has 21 heavy (non-hydrogen) atoms. The van der Waals surface area contributed by atoms with Crippen molar-refractivity contribution in [1.82, 2.24) is 15.2 Å². The Morgan fingerprint density at radius 2 is 1.76 bits per heavy atom. The highest BCUT2D eigenvalue weighted by molar-refractivity contribution is 14.0. The topological polar surface area (TPSA) is 58.4 Å². The fourth-order valence-corrected chi connectivity index (χ4v) is 2.51. The molecule has 0 spiro atoms. The van der Waals surface area contributed by atoms with Gasteiger partial charge in [0, 0.05) is 60.4 Å². The molecule has 0 aliphatic rings. The Morgan fingerprint density at radius 3 is 2.29 bits per heavy atom. The monoisotopic (exact) mass is 426 g/mol. The Morgan fingerprint density at radius 1 is 1.19 bits per heavy atom. The SMILES string of the molecule is CN=C(NCCn1cccc1)NCCS(=O)C(C)(C)C.I. The number of nitrogens with one attached hydrogen (secondary N) is 2. The fourth-order valence-electron chi connectivity index (χ4n) is 1.61. The van der Waals surface area contributed by atoms with E-state index < -0.39 is 10.8 Å². The molecule has 1 aromatic rings. The Balaban J connectivity index is 0.00000400. The highest BCUT2D eigenvalue weighted by Gasteiger charge is 2.18. The average molecular weight is 426 g/mol. The van der Waals surface area contributed by atoms with E-state index in [1.165, 1.54) is 0 Å². The second kappa shape index (κ2) is 10.2. The number of aromatic nitrogens is 1. The fraction of sp³-hybridized carbons (Fsp3) is 0.643. The number of hydrogen-bond acceptors (Lipinski definition) is 2. The van der Waals surface area contributed by atoms with E-state index in [0.29, 0.717) is 12.3 Å². The van der Waals surface area contributed by atoms with Crippen LogP contribution in [0.5, 0.6) is 0 Å². The van der Waals surface area contributed by atoms with Crippen molar-refractivity contribution in [3.63, 3.8) is 0 Å². The lowest BCUT2D eigenvalue weighted by Gasteiger charge is -2.18. The lowest BCUT2D eigenvalue weighted by molar-refractivity contribution is 0.645. The minimum Gasteiger partial charge on any atom is -0.355 e. The van der Waals surface area contributed by atoms with Gasteiger partial charge in [-0.1, -0.05) is 0 Å². The standard InChI is InChI=1S/C14H26N4OS.HI/c1-14(2,3)20(19)12-8-17-13(15-4)16-7-11-18-9-5-6-10-18;/h5-6,9-10H,7-8,11-12H2,1-4H3,(H2,15,16,17);1H. The van der Waals surface area contributed by atoms with Crippen LogP contribution in [0.1, 0.15) is 20.8 Å². The van der Waals surface area contributed by atoms with Gasteiger partial charge in [-0.15, -0.1) is 24.0 Å². The summed E-state index contributed by atoms with van der Waals surface area (Å²) in [6.07, 6.45) is 4.06. The zero-order valence-electron chi connectivity index (χ0n) is 13.3. The van der Waals surface area contributed by atoms with E-state index in [2.05, 4.69) is 20.2 Å². The highest BCUT2D eigenvalue weighted by Crippen LogP contribution is 2.10. The van der Waals surface area contributed by atoms with Gasteiger partial charge < -0.3 is 15.2 Å². The van der Waals surface area contributed by atoms with E-state index >= 15 is 0 Å². The third kappa shape index (κ3) is 8.45. The summed E-state index contributed by atoms with van der Waals surface area (Å²) in [5, 5.41) is 6.43. The lowest BCUT2D eigenvalue weighted by Crippen LogP contribution is -2.41. The zero-order valence-corrected chi connectivity index (χ0v) is 16.4. The van der Waals surface area contributed by atoms with Gasteiger partial charge in [0.15, 0.2) is 5.96 Å². The number of nitrogens with zero attached hydrogens (tertiary/aromatic N) is 2. The third-order valence-electron chi connectivity index (χ3n) is 2.82.